The predicted molar refractivity (Wildman–Crippen MR) is 56.3 cm³/mol. The summed E-state index contributed by atoms with van der Waals surface area (Å²) in [4.78, 5) is 0. The van der Waals surface area contributed by atoms with Crippen LogP contribution in [0.5, 0.6) is 11.5 Å². The fourth-order valence-corrected chi connectivity index (χ4v) is 1.87. The molecule has 0 fully saturated rings. The Morgan fingerprint density at radius 3 is 2.73 bits per heavy atom. The van der Waals surface area contributed by atoms with Gasteiger partial charge in [0, 0.05) is 11.6 Å². The Hall–Kier alpha value is -0.850. The number of benzene rings is 1. The largest absolute Gasteiger partial charge is 0.503 e. The van der Waals surface area contributed by atoms with Crippen LogP contribution in [0.25, 0.3) is 0 Å². The number of ether oxygens (including phenoxy) is 1. The van der Waals surface area contributed by atoms with Gasteiger partial charge in [0.25, 0.3) is 0 Å². The molecule has 0 aliphatic carbocycles. The fourth-order valence-electron chi connectivity index (χ4n) is 1.19. The van der Waals surface area contributed by atoms with Crippen LogP contribution in [0.4, 0.5) is 4.39 Å². The van der Waals surface area contributed by atoms with E-state index in [1.807, 2.05) is 0 Å². The fraction of sp³-hybridized carbons (Fsp3) is 0.333. The molecule has 0 aliphatic heterocycles. The van der Waals surface area contributed by atoms with Gasteiger partial charge in [-0.2, -0.15) is 0 Å². The van der Waals surface area contributed by atoms with Crippen LogP contribution < -0.4 is 10.5 Å². The summed E-state index contributed by atoms with van der Waals surface area (Å²) in [6, 6.07) is 0.126. The minimum atomic E-state index is -0.892. The summed E-state index contributed by atoms with van der Waals surface area (Å²) in [6.07, 6.45) is 0. The van der Waals surface area contributed by atoms with Crippen molar-refractivity contribution in [2.45, 2.75) is 6.04 Å². The van der Waals surface area contributed by atoms with E-state index in [1.165, 1.54) is 7.11 Å². The van der Waals surface area contributed by atoms with Gasteiger partial charge in [-0.25, -0.2) is 4.39 Å². The Kier molecular flexibility index (Phi) is 3.90. The zero-order valence-electron chi connectivity index (χ0n) is 8.00. The van der Waals surface area contributed by atoms with Crippen LogP contribution >= 0.6 is 15.9 Å². The number of aromatic hydroxyl groups is 1. The number of nitrogens with two attached hydrogens (primary N) is 1. The number of phenolic OH excluding ortho intramolecular Hbond substituents is 1. The molecule has 0 radical (unpaired) electrons. The summed E-state index contributed by atoms with van der Waals surface area (Å²) in [5, 5.41) is 18.4. The molecular formula is C9H11BrFNO3. The van der Waals surface area contributed by atoms with E-state index in [1.54, 1.807) is 0 Å². The molecule has 15 heavy (non-hydrogen) atoms. The van der Waals surface area contributed by atoms with E-state index in [2.05, 4.69) is 15.9 Å². The van der Waals surface area contributed by atoms with Gasteiger partial charge in [0.15, 0.2) is 11.5 Å². The Bertz CT molecular complexity index is 373. The maximum absolute atomic E-state index is 13.5. The van der Waals surface area contributed by atoms with Gasteiger partial charge in [-0.15, -0.1) is 0 Å². The maximum atomic E-state index is 13.5. The van der Waals surface area contributed by atoms with Crippen molar-refractivity contribution in [1.82, 2.24) is 0 Å². The lowest BCUT2D eigenvalue weighted by Gasteiger charge is -2.15. The number of phenols is 1. The summed E-state index contributed by atoms with van der Waals surface area (Å²) in [5.41, 5.74) is 5.51. The molecule has 1 aromatic rings. The lowest BCUT2D eigenvalue weighted by atomic mass is 10.1. The van der Waals surface area contributed by atoms with Crippen LogP contribution in [0.3, 0.4) is 0 Å². The molecule has 6 heteroatoms. The molecule has 1 rings (SSSR count). The lowest BCUT2D eigenvalue weighted by Crippen LogP contribution is -2.17. The van der Waals surface area contributed by atoms with Crippen molar-refractivity contribution < 1.29 is 19.3 Å². The van der Waals surface area contributed by atoms with Gasteiger partial charge in [-0.1, -0.05) is 0 Å². The predicted octanol–water partition coefficient (Wildman–Crippen LogP) is 1.29. The summed E-state index contributed by atoms with van der Waals surface area (Å²) in [6.45, 7) is -0.415. The third kappa shape index (κ3) is 2.22. The number of hydrogen-bond donors (Lipinski definition) is 3. The highest BCUT2D eigenvalue weighted by Gasteiger charge is 2.20. The Balaban J connectivity index is 3.35. The number of methoxy groups -OCH3 is 1. The first-order valence-electron chi connectivity index (χ1n) is 4.14. The molecule has 0 heterocycles. The summed E-state index contributed by atoms with van der Waals surface area (Å²) < 4.78 is 18.4. The van der Waals surface area contributed by atoms with E-state index in [-0.39, 0.29) is 21.5 Å². The Morgan fingerprint density at radius 1 is 1.67 bits per heavy atom. The van der Waals surface area contributed by atoms with Gasteiger partial charge in [0.1, 0.15) is 5.82 Å². The van der Waals surface area contributed by atoms with Crippen LogP contribution in [-0.2, 0) is 0 Å². The van der Waals surface area contributed by atoms with Crippen molar-refractivity contribution >= 4 is 15.9 Å². The summed E-state index contributed by atoms with van der Waals surface area (Å²) in [5.74, 6) is -0.871. The average molecular weight is 280 g/mol. The molecule has 4 nitrogen and oxygen atoms in total. The zero-order chi connectivity index (χ0) is 11.6. The van der Waals surface area contributed by atoms with Crippen LogP contribution in [0.15, 0.2) is 10.5 Å². The Morgan fingerprint density at radius 2 is 2.27 bits per heavy atom. The molecular weight excluding hydrogens is 269 g/mol. The third-order valence-electron chi connectivity index (χ3n) is 1.98. The minimum Gasteiger partial charge on any atom is -0.503 e. The maximum Gasteiger partial charge on any atom is 0.172 e. The molecule has 0 saturated carbocycles. The van der Waals surface area contributed by atoms with Crippen molar-refractivity contribution in [3.05, 3.63) is 21.9 Å². The van der Waals surface area contributed by atoms with Crippen LogP contribution in [0.2, 0.25) is 0 Å². The molecule has 0 aromatic heterocycles. The summed E-state index contributed by atoms with van der Waals surface area (Å²) in [7, 11) is 1.31. The van der Waals surface area contributed by atoms with Crippen LogP contribution in [-0.4, -0.2) is 23.9 Å². The van der Waals surface area contributed by atoms with Crippen molar-refractivity contribution in [3.8, 4) is 11.5 Å². The molecule has 0 spiro atoms. The average Bonchev–Trinajstić information content (AvgIpc) is 2.23. The quantitative estimate of drug-likeness (QED) is 0.780. The van der Waals surface area contributed by atoms with Crippen molar-refractivity contribution in [2.75, 3.05) is 13.7 Å². The Labute approximate surface area is 94.6 Å². The zero-order valence-corrected chi connectivity index (χ0v) is 9.58. The second-order valence-corrected chi connectivity index (χ2v) is 3.72. The molecule has 1 aromatic carbocycles. The normalized spacial score (nSPS) is 12.6. The van der Waals surface area contributed by atoms with Crippen LogP contribution in [0.1, 0.15) is 11.6 Å². The van der Waals surface area contributed by atoms with Gasteiger partial charge < -0.3 is 20.7 Å². The smallest absolute Gasteiger partial charge is 0.172 e. The first-order chi connectivity index (χ1) is 7.02. The van der Waals surface area contributed by atoms with E-state index >= 15 is 0 Å². The van der Waals surface area contributed by atoms with E-state index < -0.39 is 18.5 Å². The highest BCUT2D eigenvalue weighted by molar-refractivity contribution is 9.10. The van der Waals surface area contributed by atoms with E-state index in [9.17, 15) is 9.50 Å². The number of halogens is 2. The molecule has 1 atom stereocenters. The third-order valence-corrected chi connectivity index (χ3v) is 2.78. The molecule has 0 amide bonds. The first kappa shape index (κ1) is 12.2. The SMILES string of the molecule is COc1cc(F)c(C(N)CO)c(Br)c1O. The van der Waals surface area contributed by atoms with Crippen LogP contribution in [0, 0.1) is 5.82 Å². The highest BCUT2D eigenvalue weighted by atomic mass is 79.9. The van der Waals surface area contributed by atoms with Crippen molar-refractivity contribution in [3.63, 3.8) is 0 Å². The lowest BCUT2D eigenvalue weighted by molar-refractivity contribution is 0.264. The van der Waals surface area contributed by atoms with E-state index in [0.717, 1.165) is 6.07 Å². The van der Waals surface area contributed by atoms with E-state index in [0.29, 0.717) is 0 Å². The highest BCUT2D eigenvalue weighted by Crippen LogP contribution is 2.40. The van der Waals surface area contributed by atoms with Crippen molar-refractivity contribution in [2.24, 2.45) is 5.73 Å². The molecule has 0 bridgehead atoms. The second kappa shape index (κ2) is 4.78. The topological polar surface area (TPSA) is 75.7 Å². The van der Waals surface area contributed by atoms with Gasteiger partial charge in [-0.3, -0.25) is 0 Å². The number of hydrogen-bond acceptors (Lipinski definition) is 4. The number of rotatable bonds is 3. The number of aliphatic hydroxyl groups is 1. The molecule has 84 valence electrons. The minimum absolute atomic E-state index is 0.00765. The molecule has 4 N–H and O–H groups in total. The second-order valence-electron chi connectivity index (χ2n) is 2.93. The molecule has 1 unspecified atom stereocenters. The standard InChI is InChI=1S/C9H11BrFNO3/c1-15-6-2-4(11)7(5(12)3-13)8(10)9(6)14/h2,5,13-14H,3,12H2,1H3. The van der Waals surface area contributed by atoms with Gasteiger partial charge in [0.2, 0.25) is 0 Å². The van der Waals surface area contributed by atoms with Gasteiger partial charge in [-0.05, 0) is 15.9 Å². The molecule has 0 aliphatic rings. The summed E-state index contributed by atoms with van der Waals surface area (Å²) >= 11 is 3.00. The molecule has 0 saturated heterocycles. The van der Waals surface area contributed by atoms with Crippen molar-refractivity contribution in [1.29, 1.82) is 0 Å². The van der Waals surface area contributed by atoms with E-state index in [4.69, 9.17) is 15.6 Å². The monoisotopic (exact) mass is 279 g/mol. The first-order valence-corrected chi connectivity index (χ1v) is 4.93. The number of aliphatic hydroxyl groups excluding tert-OH is 1. The van der Waals surface area contributed by atoms with Gasteiger partial charge >= 0.3 is 0 Å². The van der Waals surface area contributed by atoms with Gasteiger partial charge in [0.05, 0.1) is 24.2 Å².